The van der Waals surface area contributed by atoms with Gasteiger partial charge in [0.2, 0.25) is 0 Å². The standard InChI is InChI=1S/C11H22O3/c1-6-10(12)13-8-9(3)14-11(4,5)7-2/h9H,6-8H2,1-5H3. The fourth-order valence-electron chi connectivity index (χ4n) is 0.974. The van der Waals surface area contributed by atoms with Gasteiger partial charge in [0.1, 0.15) is 6.61 Å². The molecule has 0 aliphatic rings. The van der Waals surface area contributed by atoms with Crippen LogP contribution in [-0.4, -0.2) is 24.3 Å². The number of ether oxygens (including phenoxy) is 2. The molecule has 0 spiro atoms. The van der Waals surface area contributed by atoms with Gasteiger partial charge in [-0.25, -0.2) is 0 Å². The first-order valence-electron chi connectivity index (χ1n) is 5.24. The van der Waals surface area contributed by atoms with Gasteiger partial charge < -0.3 is 9.47 Å². The van der Waals surface area contributed by atoms with E-state index in [4.69, 9.17) is 9.47 Å². The Balaban J connectivity index is 3.75. The van der Waals surface area contributed by atoms with Crippen LogP contribution in [0.4, 0.5) is 0 Å². The molecule has 1 unspecified atom stereocenters. The van der Waals surface area contributed by atoms with Crippen molar-refractivity contribution in [2.75, 3.05) is 6.61 Å². The van der Waals surface area contributed by atoms with Gasteiger partial charge >= 0.3 is 5.97 Å². The molecule has 3 heteroatoms. The van der Waals surface area contributed by atoms with Gasteiger partial charge in [0, 0.05) is 6.42 Å². The maximum absolute atomic E-state index is 10.9. The molecule has 0 aliphatic carbocycles. The highest BCUT2D eigenvalue weighted by Crippen LogP contribution is 2.16. The van der Waals surface area contributed by atoms with Crippen molar-refractivity contribution in [3.8, 4) is 0 Å². The topological polar surface area (TPSA) is 35.5 Å². The van der Waals surface area contributed by atoms with Crippen LogP contribution in [-0.2, 0) is 14.3 Å². The highest BCUT2D eigenvalue weighted by atomic mass is 16.6. The summed E-state index contributed by atoms with van der Waals surface area (Å²) in [5, 5.41) is 0. The smallest absolute Gasteiger partial charge is 0.305 e. The van der Waals surface area contributed by atoms with Crippen LogP contribution < -0.4 is 0 Å². The Bertz CT molecular complexity index is 175. The van der Waals surface area contributed by atoms with E-state index in [2.05, 4.69) is 6.92 Å². The van der Waals surface area contributed by atoms with Crippen LogP contribution >= 0.6 is 0 Å². The van der Waals surface area contributed by atoms with E-state index in [9.17, 15) is 4.79 Å². The van der Waals surface area contributed by atoms with Crippen molar-refractivity contribution in [1.82, 2.24) is 0 Å². The average molecular weight is 202 g/mol. The molecule has 0 saturated carbocycles. The molecule has 0 aromatic carbocycles. The van der Waals surface area contributed by atoms with Crippen LogP contribution in [0.3, 0.4) is 0 Å². The molecule has 0 N–H and O–H groups in total. The average Bonchev–Trinajstić information content (AvgIpc) is 2.13. The van der Waals surface area contributed by atoms with Crippen molar-refractivity contribution in [1.29, 1.82) is 0 Å². The van der Waals surface area contributed by atoms with Crippen LogP contribution in [0, 0.1) is 0 Å². The zero-order chi connectivity index (χ0) is 11.2. The number of hydrogen-bond acceptors (Lipinski definition) is 3. The molecule has 84 valence electrons. The minimum atomic E-state index is -0.172. The fourth-order valence-corrected chi connectivity index (χ4v) is 0.974. The quantitative estimate of drug-likeness (QED) is 0.621. The van der Waals surface area contributed by atoms with E-state index in [0.717, 1.165) is 6.42 Å². The molecule has 1 atom stereocenters. The summed E-state index contributed by atoms with van der Waals surface area (Å²) in [5.41, 5.74) is -0.141. The van der Waals surface area contributed by atoms with Crippen LogP contribution in [0.5, 0.6) is 0 Å². The molecule has 0 radical (unpaired) electrons. The van der Waals surface area contributed by atoms with Gasteiger partial charge in [-0.3, -0.25) is 4.79 Å². The number of rotatable bonds is 6. The zero-order valence-electron chi connectivity index (χ0n) is 9.92. The minimum absolute atomic E-state index is 0.0413. The van der Waals surface area contributed by atoms with Crippen molar-refractivity contribution in [3.05, 3.63) is 0 Å². The predicted octanol–water partition coefficient (Wildman–Crippen LogP) is 2.53. The van der Waals surface area contributed by atoms with Crippen LogP contribution in [0.15, 0.2) is 0 Å². The maximum Gasteiger partial charge on any atom is 0.305 e. The second-order valence-corrected chi connectivity index (χ2v) is 4.08. The molecule has 0 rings (SSSR count). The summed E-state index contributed by atoms with van der Waals surface area (Å²) < 4.78 is 10.7. The van der Waals surface area contributed by atoms with E-state index in [0.29, 0.717) is 13.0 Å². The van der Waals surface area contributed by atoms with Crippen molar-refractivity contribution >= 4 is 5.97 Å². The molecular formula is C11H22O3. The first kappa shape index (κ1) is 13.4. The lowest BCUT2D eigenvalue weighted by Crippen LogP contribution is -2.31. The van der Waals surface area contributed by atoms with Gasteiger partial charge in [0.25, 0.3) is 0 Å². The first-order chi connectivity index (χ1) is 6.41. The summed E-state index contributed by atoms with van der Waals surface area (Å²) in [6, 6.07) is 0. The molecular weight excluding hydrogens is 180 g/mol. The molecule has 0 heterocycles. The minimum Gasteiger partial charge on any atom is -0.463 e. The SMILES string of the molecule is CCC(=O)OCC(C)OC(C)(C)CC. The van der Waals surface area contributed by atoms with Crippen LogP contribution in [0.2, 0.25) is 0 Å². The van der Waals surface area contributed by atoms with E-state index < -0.39 is 0 Å². The Kier molecular flexibility index (Phi) is 5.77. The summed E-state index contributed by atoms with van der Waals surface area (Å²) in [7, 11) is 0. The third kappa shape index (κ3) is 5.97. The largest absolute Gasteiger partial charge is 0.463 e. The molecule has 14 heavy (non-hydrogen) atoms. The number of esters is 1. The van der Waals surface area contributed by atoms with E-state index >= 15 is 0 Å². The lowest BCUT2D eigenvalue weighted by molar-refractivity contribution is -0.152. The Hall–Kier alpha value is -0.570. The van der Waals surface area contributed by atoms with Crippen molar-refractivity contribution in [2.45, 2.75) is 59.2 Å². The second kappa shape index (κ2) is 6.02. The van der Waals surface area contributed by atoms with Gasteiger partial charge in [-0.15, -0.1) is 0 Å². The highest BCUT2D eigenvalue weighted by Gasteiger charge is 2.19. The Morgan fingerprint density at radius 1 is 1.36 bits per heavy atom. The molecule has 3 nitrogen and oxygen atoms in total. The maximum atomic E-state index is 10.9. The van der Waals surface area contributed by atoms with Gasteiger partial charge in [-0.05, 0) is 27.2 Å². The van der Waals surface area contributed by atoms with Crippen LogP contribution in [0.25, 0.3) is 0 Å². The Labute approximate surface area is 86.8 Å². The normalized spacial score (nSPS) is 13.8. The summed E-state index contributed by atoms with van der Waals surface area (Å²) >= 11 is 0. The number of carbonyl (C=O) groups is 1. The number of carbonyl (C=O) groups excluding carboxylic acids is 1. The monoisotopic (exact) mass is 202 g/mol. The summed E-state index contributed by atoms with van der Waals surface area (Å²) in [6.07, 6.45) is 1.32. The van der Waals surface area contributed by atoms with Gasteiger partial charge in [-0.2, -0.15) is 0 Å². The second-order valence-electron chi connectivity index (χ2n) is 4.08. The first-order valence-corrected chi connectivity index (χ1v) is 5.24. The number of hydrogen-bond donors (Lipinski definition) is 0. The van der Waals surface area contributed by atoms with Crippen molar-refractivity contribution in [2.24, 2.45) is 0 Å². The lowest BCUT2D eigenvalue weighted by atomic mass is 10.1. The molecule has 0 fully saturated rings. The fraction of sp³-hybridized carbons (Fsp3) is 0.909. The van der Waals surface area contributed by atoms with E-state index in [1.165, 1.54) is 0 Å². The third-order valence-corrected chi connectivity index (χ3v) is 2.14. The highest BCUT2D eigenvalue weighted by molar-refractivity contribution is 5.68. The van der Waals surface area contributed by atoms with E-state index in [1.807, 2.05) is 20.8 Å². The van der Waals surface area contributed by atoms with E-state index in [1.54, 1.807) is 6.92 Å². The summed E-state index contributed by atoms with van der Waals surface area (Å²) in [6.45, 7) is 10.2. The summed E-state index contributed by atoms with van der Waals surface area (Å²) in [5.74, 6) is -0.172. The van der Waals surface area contributed by atoms with Gasteiger partial charge in [0.05, 0.1) is 11.7 Å². The molecule has 0 bridgehead atoms. The molecule has 0 aromatic rings. The van der Waals surface area contributed by atoms with E-state index in [-0.39, 0.29) is 17.7 Å². The molecule has 0 aromatic heterocycles. The Morgan fingerprint density at radius 3 is 2.36 bits per heavy atom. The van der Waals surface area contributed by atoms with Gasteiger partial charge in [0.15, 0.2) is 0 Å². The zero-order valence-corrected chi connectivity index (χ0v) is 9.92. The van der Waals surface area contributed by atoms with Crippen molar-refractivity contribution < 1.29 is 14.3 Å². The predicted molar refractivity (Wildman–Crippen MR) is 56.2 cm³/mol. The van der Waals surface area contributed by atoms with Gasteiger partial charge in [-0.1, -0.05) is 13.8 Å². The Morgan fingerprint density at radius 2 is 1.93 bits per heavy atom. The molecule has 0 aliphatic heterocycles. The summed E-state index contributed by atoms with van der Waals surface area (Å²) in [4.78, 5) is 10.9. The van der Waals surface area contributed by atoms with Crippen molar-refractivity contribution in [3.63, 3.8) is 0 Å². The lowest BCUT2D eigenvalue weighted by Gasteiger charge is -2.27. The molecule has 0 amide bonds. The molecule has 0 saturated heterocycles. The van der Waals surface area contributed by atoms with Crippen LogP contribution in [0.1, 0.15) is 47.5 Å². The third-order valence-electron chi connectivity index (χ3n) is 2.14.